The third-order valence-electron chi connectivity index (χ3n) is 10.8. The summed E-state index contributed by atoms with van der Waals surface area (Å²) in [7, 11) is 0. The van der Waals surface area contributed by atoms with Gasteiger partial charge in [-0.1, -0.05) is 36.4 Å². The number of carbonyl (C=O) groups excluding carboxylic acids is 5. The van der Waals surface area contributed by atoms with Gasteiger partial charge in [0.15, 0.2) is 0 Å². The van der Waals surface area contributed by atoms with E-state index < -0.39 is 40.6 Å². The second-order valence-corrected chi connectivity index (χ2v) is 18.6. The van der Waals surface area contributed by atoms with Crippen LogP contribution in [0.4, 0.5) is 25.0 Å². The molecule has 0 bridgehead atoms. The van der Waals surface area contributed by atoms with Gasteiger partial charge in [-0.2, -0.15) is 4.98 Å². The Balaban J connectivity index is 1.13. The van der Waals surface area contributed by atoms with E-state index in [-0.39, 0.29) is 68.6 Å². The van der Waals surface area contributed by atoms with E-state index in [1.807, 2.05) is 62.1 Å². The van der Waals surface area contributed by atoms with Gasteiger partial charge in [-0.15, -0.1) is 0 Å². The molecule has 2 fully saturated rings. The molecule has 5 rings (SSSR count). The third kappa shape index (κ3) is 14.0. The van der Waals surface area contributed by atoms with Crippen molar-refractivity contribution in [3.8, 4) is 0 Å². The number of amides is 6. The lowest BCUT2D eigenvalue weighted by Gasteiger charge is -2.38. The van der Waals surface area contributed by atoms with E-state index >= 15 is 0 Å². The molecule has 1 saturated carbocycles. The standard InChI is InChI=1S/C44H64N8O9/c1-42(2,3)60-39(56)45-32-16-20-34(21-17-32)52(41(58)59-29-31-12-10-9-11-13-31)28-30-14-18-33(19-15-30)51-23-22-35(47-38(51)55)46-37(54)50-26-24-49(25-27-50)36(53)44(7,8)48-40(57)61-43(4,5)6/h9-13,18,22-23,30,32,34H,14-17,19-21,24-29H2,1-8H3,(H,45,56)(H,48,57)(H,46,47,54,55)/t30?,32-,34-. The molecular formula is C44H64N8O9. The Kier molecular flexibility index (Phi) is 15.1. The van der Waals surface area contributed by atoms with Gasteiger partial charge in [-0.3, -0.25) is 14.7 Å². The maximum absolute atomic E-state index is 13.7. The molecule has 2 aliphatic carbocycles. The molecule has 17 heteroatoms. The zero-order valence-electron chi connectivity index (χ0n) is 37.0. The molecule has 2 heterocycles. The SMILES string of the molecule is CC(C)(C)OC(=O)NC(C)(C)C(=O)N1CCN(C(=O)Nc2ccn(C3=CCC(CN(C(=O)OCc4ccccc4)[C@H]4CC[C@H](NC(=O)OC(C)(C)C)CC4)CC3)c(=O)n2)CC1. The summed E-state index contributed by atoms with van der Waals surface area (Å²) in [6, 6.07) is 10.6. The average Bonchev–Trinajstić information content (AvgIpc) is 3.18. The van der Waals surface area contributed by atoms with E-state index in [0.717, 1.165) is 17.7 Å². The number of nitrogens with zero attached hydrogens (tertiary/aromatic N) is 5. The van der Waals surface area contributed by atoms with E-state index in [2.05, 4.69) is 20.9 Å². The lowest BCUT2D eigenvalue weighted by molar-refractivity contribution is -0.138. The van der Waals surface area contributed by atoms with Crippen LogP contribution in [0.3, 0.4) is 0 Å². The topological polar surface area (TPSA) is 194 Å². The normalized spacial score (nSPS) is 19.8. The number of benzene rings is 1. The predicted octanol–water partition coefficient (Wildman–Crippen LogP) is 6.34. The van der Waals surface area contributed by atoms with Crippen molar-refractivity contribution in [3.05, 3.63) is 64.7 Å². The van der Waals surface area contributed by atoms with Crippen LogP contribution in [-0.2, 0) is 25.6 Å². The number of hydrogen-bond acceptors (Lipinski definition) is 10. The van der Waals surface area contributed by atoms with Crippen molar-refractivity contribution in [2.75, 3.05) is 38.0 Å². The molecule has 1 atom stereocenters. The second-order valence-electron chi connectivity index (χ2n) is 18.6. The van der Waals surface area contributed by atoms with Crippen LogP contribution < -0.4 is 21.6 Å². The maximum Gasteiger partial charge on any atom is 0.410 e. The minimum absolute atomic E-state index is 0.0388. The molecule has 1 aromatic carbocycles. The van der Waals surface area contributed by atoms with Crippen LogP contribution in [0, 0.1) is 5.92 Å². The van der Waals surface area contributed by atoms with Crippen LogP contribution >= 0.6 is 0 Å². The zero-order valence-corrected chi connectivity index (χ0v) is 37.0. The number of urea groups is 1. The Morgan fingerprint density at radius 2 is 1.43 bits per heavy atom. The Morgan fingerprint density at radius 3 is 2.02 bits per heavy atom. The molecule has 3 N–H and O–H groups in total. The summed E-state index contributed by atoms with van der Waals surface area (Å²) < 4.78 is 18.1. The molecule has 3 aliphatic rings. The highest BCUT2D eigenvalue weighted by atomic mass is 16.6. The number of alkyl carbamates (subject to hydrolysis) is 2. The Hall–Kier alpha value is -5.61. The van der Waals surface area contributed by atoms with Crippen LogP contribution in [0.5, 0.6) is 0 Å². The summed E-state index contributed by atoms with van der Waals surface area (Å²) in [5, 5.41) is 8.32. The summed E-state index contributed by atoms with van der Waals surface area (Å²) in [6.45, 7) is 15.6. The van der Waals surface area contributed by atoms with Gasteiger partial charge in [0.25, 0.3) is 0 Å². The minimum atomic E-state index is -1.21. The number of anilines is 1. The van der Waals surface area contributed by atoms with Crippen molar-refractivity contribution in [2.45, 2.75) is 136 Å². The Labute approximate surface area is 358 Å². The minimum Gasteiger partial charge on any atom is -0.445 e. The van der Waals surface area contributed by atoms with E-state index in [1.165, 1.54) is 4.57 Å². The molecule has 17 nitrogen and oxygen atoms in total. The largest absolute Gasteiger partial charge is 0.445 e. The fourth-order valence-electron chi connectivity index (χ4n) is 7.72. The molecule has 1 saturated heterocycles. The van der Waals surface area contributed by atoms with Gasteiger partial charge in [-0.25, -0.2) is 24.0 Å². The molecule has 334 valence electrons. The zero-order chi connectivity index (χ0) is 44.5. The summed E-state index contributed by atoms with van der Waals surface area (Å²) in [4.78, 5) is 87.1. The molecule has 1 aliphatic heterocycles. The first-order valence-electron chi connectivity index (χ1n) is 21.3. The number of allylic oxidation sites excluding steroid dienone is 2. The van der Waals surface area contributed by atoms with E-state index in [9.17, 15) is 28.8 Å². The van der Waals surface area contributed by atoms with Crippen LogP contribution in [0.1, 0.15) is 106 Å². The lowest BCUT2D eigenvalue weighted by Crippen LogP contribution is -2.60. The highest BCUT2D eigenvalue weighted by molar-refractivity contribution is 5.90. The summed E-state index contributed by atoms with van der Waals surface area (Å²) in [6.07, 6.45) is 6.91. The van der Waals surface area contributed by atoms with Gasteiger partial charge < -0.3 is 39.5 Å². The van der Waals surface area contributed by atoms with E-state index in [4.69, 9.17) is 14.2 Å². The lowest BCUT2D eigenvalue weighted by atomic mass is 9.88. The molecule has 1 unspecified atom stereocenters. The van der Waals surface area contributed by atoms with E-state index in [1.54, 1.807) is 56.7 Å². The molecule has 1 aromatic heterocycles. The van der Waals surface area contributed by atoms with Crippen molar-refractivity contribution >= 4 is 41.7 Å². The molecule has 0 spiro atoms. The van der Waals surface area contributed by atoms with Gasteiger partial charge in [0, 0.05) is 56.7 Å². The van der Waals surface area contributed by atoms with Crippen molar-refractivity contribution in [3.63, 3.8) is 0 Å². The Bertz CT molecular complexity index is 1950. The van der Waals surface area contributed by atoms with Crippen LogP contribution in [0.15, 0.2) is 53.5 Å². The average molecular weight is 849 g/mol. The smallest absolute Gasteiger partial charge is 0.410 e. The molecule has 6 amide bonds. The van der Waals surface area contributed by atoms with Crippen molar-refractivity contribution < 1.29 is 38.2 Å². The predicted molar refractivity (Wildman–Crippen MR) is 229 cm³/mol. The number of aromatic nitrogens is 2. The van der Waals surface area contributed by atoms with E-state index in [0.29, 0.717) is 45.1 Å². The van der Waals surface area contributed by atoms with Gasteiger partial charge >= 0.3 is 30.0 Å². The molecular weight excluding hydrogens is 785 g/mol. The van der Waals surface area contributed by atoms with Crippen molar-refractivity contribution in [1.82, 2.24) is 34.9 Å². The van der Waals surface area contributed by atoms with Gasteiger partial charge in [0.1, 0.15) is 29.2 Å². The second kappa shape index (κ2) is 19.8. The first-order chi connectivity index (χ1) is 28.7. The quantitative estimate of drug-likeness (QED) is 0.227. The molecule has 0 radical (unpaired) electrons. The number of nitrogens with one attached hydrogen (secondary N) is 3. The maximum atomic E-state index is 13.7. The van der Waals surface area contributed by atoms with Crippen molar-refractivity contribution in [2.24, 2.45) is 5.92 Å². The van der Waals surface area contributed by atoms with Gasteiger partial charge in [0.05, 0.1) is 0 Å². The summed E-state index contributed by atoms with van der Waals surface area (Å²) in [5.74, 6) is -0.0440. The first-order valence-corrected chi connectivity index (χ1v) is 21.3. The van der Waals surface area contributed by atoms with Crippen molar-refractivity contribution in [1.29, 1.82) is 0 Å². The fourth-order valence-corrected chi connectivity index (χ4v) is 7.72. The highest BCUT2D eigenvalue weighted by Crippen LogP contribution is 2.31. The number of hydrogen-bond donors (Lipinski definition) is 3. The third-order valence-corrected chi connectivity index (χ3v) is 10.8. The Morgan fingerprint density at radius 1 is 0.803 bits per heavy atom. The van der Waals surface area contributed by atoms with Gasteiger partial charge in [0.2, 0.25) is 5.91 Å². The molecule has 61 heavy (non-hydrogen) atoms. The number of rotatable bonds is 10. The highest BCUT2D eigenvalue weighted by Gasteiger charge is 2.37. The van der Waals surface area contributed by atoms with Crippen LogP contribution in [0.25, 0.3) is 5.70 Å². The fraction of sp³-hybridized carbons (Fsp3) is 0.614. The van der Waals surface area contributed by atoms with Gasteiger partial charge in [-0.05, 0) is 118 Å². The summed E-state index contributed by atoms with van der Waals surface area (Å²) in [5.41, 5.74) is -1.34. The number of piperazine rings is 1. The number of ether oxygens (including phenoxy) is 3. The molecule has 2 aromatic rings. The van der Waals surface area contributed by atoms with Crippen LogP contribution in [0.2, 0.25) is 0 Å². The number of carbonyl (C=O) groups is 5. The first kappa shape index (κ1) is 46.5. The monoisotopic (exact) mass is 848 g/mol. The summed E-state index contributed by atoms with van der Waals surface area (Å²) >= 11 is 0. The van der Waals surface area contributed by atoms with Crippen LogP contribution in [-0.4, -0.2) is 116 Å².